The summed E-state index contributed by atoms with van der Waals surface area (Å²) in [5.41, 5.74) is 4.23. The molecular weight excluding hydrogens is 442 g/mol. The third kappa shape index (κ3) is 7.47. The van der Waals surface area contributed by atoms with E-state index in [0.29, 0.717) is 18.8 Å². The average Bonchev–Trinajstić information content (AvgIpc) is 2.79. The van der Waals surface area contributed by atoms with E-state index < -0.39 is 29.6 Å². The van der Waals surface area contributed by atoms with Crippen molar-refractivity contribution in [1.82, 2.24) is 19.4 Å². The van der Waals surface area contributed by atoms with Crippen LogP contribution in [0.5, 0.6) is 0 Å². The number of hydrogen-bond acceptors (Lipinski definition) is 8. The smallest absolute Gasteiger partial charge is 0.349 e. The first kappa shape index (κ1) is 26.6. The van der Waals surface area contributed by atoms with Gasteiger partial charge in [0.15, 0.2) is 0 Å². The Kier molecular flexibility index (Phi) is 9.01. The van der Waals surface area contributed by atoms with Crippen molar-refractivity contribution >= 4 is 29.2 Å². The van der Waals surface area contributed by atoms with Crippen molar-refractivity contribution in [3.05, 3.63) is 52.6 Å². The highest BCUT2D eigenvalue weighted by Crippen LogP contribution is 2.13. The molecule has 12 heteroatoms. The molecule has 1 aromatic heterocycles. The molecule has 0 fully saturated rings. The van der Waals surface area contributed by atoms with E-state index in [0.717, 1.165) is 0 Å². The SMILES string of the molecule is CN(C)CCN(C)C(=O)Cn1ccc(NC(=O)c2ccc(NC(=O)[C@@](C)(N)CO)cc2)nc1=O. The third-order valence-electron chi connectivity index (χ3n) is 4.98. The van der Waals surface area contributed by atoms with Gasteiger partial charge in [0.1, 0.15) is 17.9 Å². The van der Waals surface area contributed by atoms with Crippen LogP contribution in [0.2, 0.25) is 0 Å². The minimum Gasteiger partial charge on any atom is -0.394 e. The number of carbonyl (C=O) groups is 3. The van der Waals surface area contributed by atoms with E-state index in [-0.39, 0.29) is 23.8 Å². The summed E-state index contributed by atoms with van der Waals surface area (Å²) in [5.74, 6) is -1.28. The molecule has 0 saturated carbocycles. The van der Waals surface area contributed by atoms with Crippen molar-refractivity contribution in [2.24, 2.45) is 5.73 Å². The van der Waals surface area contributed by atoms with E-state index in [4.69, 9.17) is 10.8 Å². The van der Waals surface area contributed by atoms with Crippen LogP contribution >= 0.6 is 0 Å². The molecule has 0 saturated heterocycles. The quantitative estimate of drug-likeness (QED) is 0.347. The molecule has 3 amide bonds. The average molecular weight is 474 g/mol. The second kappa shape index (κ2) is 11.5. The summed E-state index contributed by atoms with van der Waals surface area (Å²) < 4.78 is 1.17. The molecular formula is C22H31N7O5. The number of carbonyl (C=O) groups excluding carboxylic acids is 3. The fraction of sp³-hybridized carbons (Fsp3) is 0.409. The number of aromatic nitrogens is 2. The van der Waals surface area contributed by atoms with Crippen LogP contribution < -0.4 is 22.1 Å². The molecule has 0 aliphatic rings. The molecule has 0 spiro atoms. The van der Waals surface area contributed by atoms with Gasteiger partial charge in [-0.2, -0.15) is 4.98 Å². The number of amides is 3. The molecule has 0 radical (unpaired) electrons. The number of anilines is 2. The van der Waals surface area contributed by atoms with Gasteiger partial charge in [-0.15, -0.1) is 0 Å². The maximum atomic E-state index is 12.5. The lowest BCUT2D eigenvalue weighted by Gasteiger charge is -2.20. The van der Waals surface area contributed by atoms with Crippen molar-refractivity contribution in [3.8, 4) is 0 Å². The van der Waals surface area contributed by atoms with Gasteiger partial charge in [-0.25, -0.2) is 4.79 Å². The molecule has 0 unspecified atom stereocenters. The fourth-order valence-electron chi connectivity index (χ4n) is 2.60. The third-order valence-corrected chi connectivity index (χ3v) is 4.98. The Balaban J connectivity index is 1.99. The summed E-state index contributed by atoms with van der Waals surface area (Å²) >= 11 is 0. The van der Waals surface area contributed by atoms with Crippen LogP contribution in [0, 0.1) is 0 Å². The number of hydrogen-bond donors (Lipinski definition) is 4. The molecule has 1 aromatic carbocycles. The zero-order chi connectivity index (χ0) is 25.5. The van der Waals surface area contributed by atoms with Gasteiger partial charge in [0, 0.05) is 37.6 Å². The van der Waals surface area contributed by atoms with Crippen LogP contribution in [0.25, 0.3) is 0 Å². The minimum atomic E-state index is -1.44. The van der Waals surface area contributed by atoms with Crippen LogP contribution in [-0.4, -0.2) is 88.6 Å². The van der Waals surface area contributed by atoms with Gasteiger partial charge in [-0.05, 0) is 51.4 Å². The van der Waals surface area contributed by atoms with Crippen molar-refractivity contribution in [1.29, 1.82) is 0 Å². The summed E-state index contributed by atoms with van der Waals surface area (Å²) in [6.45, 7) is 1.94. The lowest BCUT2D eigenvalue weighted by Crippen LogP contribution is -2.51. The van der Waals surface area contributed by atoms with E-state index >= 15 is 0 Å². The first-order valence-electron chi connectivity index (χ1n) is 10.5. The number of nitrogens with two attached hydrogens (primary N) is 1. The largest absolute Gasteiger partial charge is 0.394 e. The molecule has 12 nitrogen and oxygen atoms in total. The van der Waals surface area contributed by atoms with Crippen LogP contribution in [0.1, 0.15) is 17.3 Å². The normalized spacial score (nSPS) is 12.7. The van der Waals surface area contributed by atoms with Crippen molar-refractivity contribution in [2.45, 2.75) is 19.0 Å². The van der Waals surface area contributed by atoms with Crippen molar-refractivity contribution in [2.75, 3.05) is 51.5 Å². The lowest BCUT2D eigenvalue weighted by atomic mass is 10.0. The number of aliphatic hydroxyl groups is 1. The first-order valence-corrected chi connectivity index (χ1v) is 10.5. The van der Waals surface area contributed by atoms with Crippen LogP contribution in [0.15, 0.2) is 41.3 Å². The minimum absolute atomic E-state index is 0.0406. The highest BCUT2D eigenvalue weighted by molar-refractivity contribution is 6.04. The molecule has 0 aliphatic heterocycles. The van der Waals surface area contributed by atoms with E-state index in [1.807, 2.05) is 19.0 Å². The highest BCUT2D eigenvalue weighted by atomic mass is 16.3. The van der Waals surface area contributed by atoms with Crippen LogP contribution in [0.4, 0.5) is 11.5 Å². The monoisotopic (exact) mass is 473 g/mol. The van der Waals surface area contributed by atoms with E-state index in [1.165, 1.54) is 52.9 Å². The Bertz CT molecular complexity index is 1080. The molecule has 34 heavy (non-hydrogen) atoms. The topological polar surface area (TPSA) is 163 Å². The van der Waals surface area contributed by atoms with Gasteiger partial charge in [-0.1, -0.05) is 0 Å². The Morgan fingerprint density at radius 3 is 2.29 bits per heavy atom. The summed E-state index contributed by atoms with van der Waals surface area (Å²) in [6.07, 6.45) is 1.40. The highest BCUT2D eigenvalue weighted by Gasteiger charge is 2.27. The van der Waals surface area contributed by atoms with Crippen molar-refractivity contribution in [3.63, 3.8) is 0 Å². The van der Waals surface area contributed by atoms with E-state index in [9.17, 15) is 19.2 Å². The van der Waals surface area contributed by atoms with Crippen LogP contribution in [0.3, 0.4) is 0 Å². The predicted molar refractivity (Wildman–Crippen MR) is 127 cm³/mol. The Morgan fingerprint density at radius 2 is 1.74 bits per heavy atom. The molecule has 2 rings (SSSR count). The maximum Gasteiger partial charge on any atom is 0.349 e. The summed E-state index contributed by atoms with van der Waals surface area (Å²) in [4.78, 5) is 56.4. The van der Waals surface area contributed by atoms with E-state index in [2.05, 4.69) is 15.6 Å². The van der Waals surface area contributed by atoms with Gasteiger partial charge in [0.25, 0.3) is 5.91 Å². The number of nitrogens with one attached hydrogen (secondary N) is 2. The number of aliphatic hydroxyl groups excluding tert-OH is 1. The first-order chi connectivity index (χ1) is 15.9. The fourth-order valence-corrected chi connectivity index (χ4v) is 2.60. The van der Waals surface area contributed by atoms with Gasteiger partial charge in [0.2, 0.25) is 11.8 Å². The molecule has 1 heterocycles. The van der Waals surface area contributed by atoms with Gasteiger partial charge >= 0.3 is 5.69 Å². The zero-order valence-electron chi connectivity index (χ0n) is 19.7. The maximum absolute atomic E-state index is 12.5. The summed E-state index contributed by atoms with van der Waals surface area (Å²) in [7, 11) is 5.47. The molecule has 184 valence electrons. The number of benzene rings is 1. The standard InChI is InChI=1S/C22H31N7O5/c1-22(23,14-30)20(33)24-16-7-5-15(6-8-16)19(32)25-17-9-10-29(21(34)26-17)13-18(31)28(4)12-11-27(2)3/h5-10,30H,11-14,23H2,1-4H3,(H,24,33)(H,25,26,32,34)/t22-/m0/s1. The molecule has 5 N–H and O–H groups in total. The number of rotatable bonds is 10. The predicted octanol–water partition coefficient (Wildman–Crippen LogP) is -0.836. The van der Waals surface area contributed by atoms with Gasteiger partial charge in [0.05, 0.1) is 6.61 Å². The number of nitrogens with zero attached hydrogens (tertiary/aromatic N) is 4. The van der Waals surface area contributed by atoms with Gasteiger partial charge in [-0.3, -0.25) is 19.0 Å². The number of likely N-dealkylation sites (N-methyl/N-ethyl adjacent to an activating group) is 2. The Labute approximate surface area is 197 Å². The zero-order valence-corrected chi connectivity index (χ0v) is 19.7. The summed E-state index contributed by atoms with van der Waals surface area (Å²) in [5, 5.41) is 14.2. The van der Waals surface area contributed by atoms with Gasteiger partial charge < -0.3 is 31.3 Å². The Hall–Kier alpha value is -3.61. The second-order valence-electron chi connectivity index (χ2n) is 8.40. The van der Waals surface area contributed by atoms with Crippen LogP contribution in [-0.2, 0) is 16.1 Å². The molecule has 1 atom stereocenters. The second-order valence-corrected chi connectivity index (χ2v) is 8.40. The van der Waals surface area contributed by atoms with E-state index in [1.54, 1.807) is 7.05 Å². The Morgan fingerprint density at radius 1 is 1.09 bits per heavy atom. The molecule has 0 aliphatic carbocycles. The summed E-state index contributed by atoms with van der Waals surface area (Å²) in [6, 6.07) is 7.38. The lowest BCUT2D eigenvalue weighted by molar-refractivity contribution is -0.130. The molecule has 0 bridgehead atoms. The van der Waals surface area contributed by atoms with Crippen molar-refractivity contribution < 1.29 is 19.5 Å². The molecule has 2 aromatic rings.